The van der Waals surface area contributed by atoms with Crippen LogP contribution in [-0.4, -0.2) is 30.0 Å². The number of aromatic nitrogens is 1. The number of pyridine rings is 1. The van der Waals surface area contributed by atoms with Crippen molar-refractivity contribution in [2.45, 2.75) is 25.3 Å². The molecule has 3 rings (SSSR count). The summed E-state index contributed by atoms with van der Waals surface area (Å²) in [4.78, 5) is 6.83. The summed E-state index contributed by atoms with van der Waals surface area (Å²) in [7, 11) is 2.18. The van der Waals surface area contributed by atoms with Crippen molar-refractivity contribution in [3.63, 3.8) is 0 Å². The maximum absolute atomic E-state index is 6.45. The van der Waals surface area contributed by atoms with Gasteiger partial charge in [-0.3, -0.25) is 4.98 Å². The lowest BCUT2D eigenvalue weighted by atomic mass is 9.73. The van der Waals surface area contributed by atoms with Gasteiger partial charge < -0.3 is 10.6 Å². The van der Waals surface area contributed by atoms with Crippen molar-refractivity contribution in [3.05, 3.63) is 28.5 Å². The zero-order valence-corrected chi connectivity index (χ0v) is 10.9. The van der Waals surface area contributed by atoms with E-state index in [1.807, 2.05) is 6.07 Å². The second kappa shape index (κ2) is 3.94. The Morgan fingerprint density at radius 3 is 2.88 bits per heavy atom. The minimum Gasteiger partial charge on any atom is -0.323 e. The van der Waals surface area contributed by atoms with E-state index in [9.17, 15) is 0 Å². The molecule has 2 N–H and O–H groups in total. The molecular formula is C13H18ClN3. The lowest BCUT2D eigenvalue weighted by molar-refractivity contribution is 0.105. The SMILES string of the molecule is CN1CCC2(CC1)Cc1ncc(Cl)cc1[C@@H]2N. The molecule has 1 aromatic rings. The first-order valence-corrected chi connectivity index (χ1v) is 6.57. The van der Waals surface area contributed by atoms with E-state index in [-0.39, 0.29) is 11.5 Å². The van der Waals surface area contributed by atoms with E-state index in [1.165, 1.54) is 18.4 Å². The Labute approximate surface area is 107 Å². The lowest BCUT2D eigenvalue weighted by Crippen LogP contribution is -2.42. The van der Waals surface area contributed by atoms with Crippen molar-refractivity contribution in [2.24, 2.45) is 11.1 Å². The average molecular weight is 252 g/mol. The summed E-state index contributed by atoms with van der Waals surface area (Å²) in [6.07, 6.45) is 5.09. The number of piperidine rings is 1. The first-order valence-electron chi connectivity index (χ1n) is 6.19. The molecule has 0 saturated carbocycles. The fourth-order valence-corrected chi connectivity index (χ4v) is 3.39. The van der Waals surface area contributed by atoms with Gasteiger partial charge in [-0.05, 0) is 56.4 Å². The van der Waals surface area contributed by atoms with Crippen LogP contribution in [0.4, 0.5) is 0 Å². The van der Waals surface area contributed by atoms with Crippen LogP contribution in [0.15, 0.2) is 12.3 Å². The molecule has 92 valence electrons. The van der Waals surface area contributed by atoms with Gasteiger partial charge in [0.25, 0.3) is 0 Å². The van der Waals surface area contributed by atoms with Crippen LogP contribution in [0.5, 0.6) is 0 Å². The second-order valence-electron chi connectivity index (χ2n) is 5.51. The highest BCUT2D eigenvalue weighted by Crippen LogP contribution is 2.50. The molecule has 1 aliphatic heterocycles. The van der Waals surface area contributed by atoms with E-state index < -0.39 is 0 Å². The van der Waals surface area contributed by atoms with E-state index >= 15 is 0 Å². The maximum Gasteiger partial charge on any atom is 0.0592 e. The third kappa shape index (κ3) is 1.77. The van der Waals surface area contributed by atoms with Gasteiger partial charge in [-0.1, -0.05) is 11.6 Å². The molecule has 0 bridgehead atoms. The second-order valence-corrected chi connectivity index (χ2v) is 5.95. The van der Waals surface area contributed by atoms with Gasteiger partial charge in [-0.15, -0.1) is 0 Å². The van der Waals surface area contributed by atoms with E-state index in [0.29, 0.717) is 5.02 Å². The summed E-state index contributed by atoms with van der Waals surface area (Å²) in [5.41, 5.74) is 9.01. The van der Waals surface area contributed by atoms with Crippen LogP contribution < -0.4 is 5.73 Å². The maximum atomic E-state index is 6.45. The van der Waals surface area contributed by atoms with Gasteiger partial charge in [0.15, 0.2) is 0 Å². The number of halogens is 1. The van der Waals surface area contributed by atoms with Gasteiger partial charge in [0.05, 0.1) is 5.02 Å². The van der Waals surface area contributed by atoms with Gasteiger partial charge in [0.2, 0.25) is 0 Å². The number of hydrogen-bond acceptors (Lipinski definition) is 3. The van der Waals surface area contributed by atoms with E-state index in [2.05, 4.69) is 16.9 Å². The van der Waals surface area contributed by atoms with Crippen molar-refractivity contribution in [2.75, 3.05) is 20.1 Å². The van der Waals surface area contributed by atoms with Crippen LogP contribution in [0, 0.1) is 5.41 Å². The summed E-state index contributed by atoms with van der Waals surface area (Å²) in [5, 5.41) is 0.698. The average Bonchev–Trinajstić information content (AvgIpc) is 2.58. The van der Waals surface area contributed by atoms with Crippen molar-refractivity contribution in [1.29, 1.82) is 0 Å². The van der Waals surface area contributed by atoms with Crippen LogP contribution in [-0.2, 0) is 6.42 Å². The summed E-state index contributed by atoms with van der Waals surface area (Å²) in [5.74, 6) is 0. The normalized spacial score (nSPS) is 27.4. The zero-order chi connectivity index (χ0) is 12.0. The van der Waals surface area contributed by atoms with Gasteiger partial charge in [-0.25, -0.2) is 0 Å². The van der Waals surface area contributed by atoms with Crippen LogP contribution in [0.25, 0.3) is 0 Å². The fraction of sp³-hybridized carbons (Fsp3) is 0.615. The first-order chi connectivity index (χ1) is 8.11. The molecule has 0 aromatic carbocycles. The van der Waals surface area contributed by atoms with Gasteiger partial charge >= 0.3 is 0 Å². The number of hydrogen-bond donors (Lipinski definition) is 1. The van der Waals surface area contributed by atoms with E-state index in [0.717, 1.165) is 25.2 Å². The number of rotatable bonds is 0. The molecule has 1 saturated heterocycles. The quantitative estimate of drug-likeness (QED) is 0.767. The van der Waals surface area contributed by atoms with E-state index in [4.69, 9.17) is 17.3 Å². The van der Waals surface area contributed by atoms with Crippen LogP contribution in [0.3, 0.4) is 0 Å². The molecule has 1 aromatic heterocycles. The molecule has 4 heteroatoms. The summed E-state index contributed by atoms with van der Waals surface area (Å²) >= 11 is 6.01. The number of nitrogens with zero attached hydrogens (tertiary/aromatic N) is 2. The molecule has 0 radical (unpaired) electrons. The smallest absolute Gasteiger partial charge is 0.0592 e. The standard InChI is InChI=1S/C13H18ClN3/c1-17-4-2-13(3-5-17)7-11-10(12(13)15)6-9(14)8-16-11/h6,8,12H,2-5,7,15H2,1H3/t12-/m0/s1. The largest absolute Gasteiger partial charge is 0.323 e. The highest BCUT2D eigenvalue weighted by Gasteiger charge is 2.46. The molecule has 0 amide bonds. The monoisotopic (exact) mass is 251 g/mol. The molecule has 2 aliphatic rings. The zero-order valence-electron chi connectivity index (χ0n) is 10.1. The van der Waals surface area contributed by atoms with Gasteiger partial charge in [-0.2, -0.15) is 0 Å². The van der Waals surface area contributed by atoms with Crippen LogP contribution in [0.1, 0.15) is 30.1 Å². The third-order valence-electron chi connectivity index (χ3n) is 4.47. The van der Waals surface area contributed by atoms with E-state index in [1.54, 1.807) is 6.20 Å². The first kappa shape index (κ1) is 11.5. The topological polar surface area (TPSA) is 42.2 Å². The molecule has 2 heterocycles. The lowest BCUT2D eigenvalue weighted by Gasteiger charge is -2.40. The Hall–Kier alpha value is -0.640. The molecule has 17 heavy (non-hydrogen) atoms. The Morgan fingerprint density at radius 1 is 1.47 bits per heavy atom. The highest BCUT2D eigenvalue weighted by molar-refractivity contribution is 6.30. The molecular weight excluding hydrogens is 234 g/mol. The molecule has 1 aliphatic carbocycles. The predicted octanol–water partition coefficient (Wildman–Crippen LogP) is 2.00. The highest BCUT2D eigenvalue weighted by atomic mass is 35.5. The van der Waals surface area contributed by atoms with Gasteiger partial charge in [0.1, 0.15) is 0 Å². The Bertz CT molecular complexity index is 438. The number of nitrogens with two attached hydrogens (primary N) is 1. The Morgan fingerprint density at radius 2 is 2.18 bits per heavy atom. The summed E-state index contributed by atoms with van der Waals surface area (Å²) < 4.78 is 0. The minimum absolute atomic E-state index is 0.109. The Balaban J connectivity index is 1.93. The molecule has 1 atom stereocenters. The number of likely N-dealkylation sites (tertiary alicyclic amines) is 1. The Kier molecular flexibility index (Phi) is 2.65. The molecule has 1 spiro atoms. The fourth-order valence-electron chi connectivity index (χ4n) is 3.23. The molecule has 0 unspecified atom stereocenters. The van der Waals surface area contributed by atoms with Crippen molar-refractivity contribution < 1.29 is 0 Å². The molecule has 3 nitrogen and oxygen atoms in total. The minimum atomic E-state index is 0.109. The number of fused-ring (bicyclic) bond motifs is 1. The molecule has 1 fully saturated rings. The van der Waals surface area contributed by atoms with Crippen LogP contribution >= 0.6 is 11.6 Å². The van der Waals surface area contributed by atoms with Crippen molar-refractivity contribution in [3.8, 4) is 0 Å². The van der Waals surface area contributed by atoms with Crippen molar-refractivity contribution in [1.82, 2.24) is 9.88 Å². The van der Waals surface area contributed by atoms with Crippen LogP contribution in [0.2, 0.25) is 5.02 Å². The van der Waals surface area contributed by atoms with Crippen molar-refractivity contribution >= 4 is 11.6 Å². The predicted molar refractivity (Wildman–Crippen MR) is 69.0 cm³/mol. The third-order valence-corrected chi connectivity index (χ3v) is 4.67. The van der Waals surface area contributed by atoms with Gasteiger partial charge in [0, 0.05) is 17.9 Å². The summed E-state index contributed by atoms with van der Waals surface area (Å²) in [6.45, 7) is 2.27. The summed E-state index contributed by atoms with van der Waals surface area (Å²) in [6, 6.07) is 2.11.